The molecule has 3 rings (SSSR count). The molecule has 19 heavy (non-hydrogen) atoms. The standard InChI is InChI=1S/C14H10FN3S/c1-9-13(10-2-4-11(15)5-3-10)18-12(6-7-16)8-17-14(18)19-9/h2-5,8H,6H2,1H3. The van der Waals surface area contributed by atoms with Crippen molar-refractivity contribution in [1.29, 1.82) is 5.26 Å². The Morgan fingerprint density at radius 1 is 1.37 bits per heavy atom. The molecule has 0 atom stereocenters. The quantitative estimate of drug-likeness (QED) is 0.715. The summed E-state index contributed by atoms with van der Waals surface area (Å²) in [4.78, 5) is 6.29. The van der Waals surface area contributed by atoms with Gasteiger partial charge in [0.15, 0.2) is 4.96 Å². The van der Waals surface area contributed by atoms with Crippen LogP contribution >= 0.6 is 11.3 Å². The molecule has 0 bridgehead atoms. The van der Waals surface area contributed by atoms with Gasteiger partial charge >= 0.3 is 0 Å². The Morgan fingerprint density at radius 2 is 2.11 bits per heavy atom. The van der Waals surface area contributed by atoms with Gasteiger partial charge in [-0.25, -0.2) is 9.37 Å². The van der Waals surface area contributed by atoms with Gasteiger partial charge in [-0.2, -0.15) is 5.26 Å². The van der Waals surface area contributed by atoms with E-state index in [1.165, 1.54) is 12.1 Å². The van der Waals surface area contributed by atoms with E-state index < -0.39 is 0 Å². The van der Waals surface area contributed by atoms with Crippen molar-refractivity contribution in [2.24, 2.45) is 0 Å². The molecule has 0 aliphatic heterocycles. The zero-order valence-electron chi connectivity index (χ0n) is 10.2. The number of aryl methyl sites for hydroxylation is 1. The zero-order chi connectivity index (χ0) is 13.4. The summed E-state index contributed by atoms with van der Waals surface area (Å²) in [5, 5.41) is 8.86. The lowest BCUT2D eigenvalue weighted by atomic mass is 10.1. The molecular weight excluding hydrogens is 261 g/mol. The molecule has 2 heterocycles. The minimum atomic E-state index is -0.254. The lowest BCUT2D eigenvalue weighted by Gasteiger charge is -2.04. The second kappa shape index (κ2) is 4.48. The van der Waals surface area contributed by atoms with E-state index in [9.17, 15) is 4.39 Å². The van der Waals surface area contributed by atoms with Gasteiger partial charge in [0, 0.05) is 4.88 Å². The molecule has 2 aromatic heterocycles. The number of fused-ring (bicyclic) bond motifs is 1. The lowest BCUT2D eigenvalue weighted by Crippen LogP contribution is -1.93. The molecule has 0 saturated heterocycles. The van der Waals surface area contributed by atoms with Crippen molar-refractivity contribution in [3.8, 4) is 17.3 Å². The smallest absolute Gasteiger partial charge is 0.194 e. The first-order valence-electron chi connectivity index (χ1n) is 5.79. The van der Waals surface area contributed by atoms with Crippen LogP contribution < -0.4 is 0 Å². The zero-order valence-corrected chi connectivity index (χ0v) is 11.0. The second-order valence-corrected chi connectivity index (χ2v) is 5.40. The molecule has 0 N–H and O–H groups in total. The van der Waals surface area contributed by atoms with Gasteiger partial charge in [-0.05, 0) is 36.8 Å². The molecule has 1 aromatic carbocycles. The maximum absolute atomic E-state index is 13.0. The molecule has 5 heteroatoms. The first kappa shape index (κ1) is 11.9. The summed E-state index contributed by atoms with van der Waals surface area (Å²) < 4.78 is 15.0. The van der Waals surface area contributed by atoms with Crippen LogP contribution in [0.1, 0.15) is 10.6 Å². The fraction of sp³-hybridized carbons (Fsp3) is 0.143. The lowest BCUT2D eigenvalue weighted by molar-refractivity contribution is 0.628. The van der Waals surface area contributed by atoms with Gasteiger partial charge in [0.1, 0.15) is 5.82 Å². The first-order valence-corrected chi connectivity index (χ1v) is 6.61. The summed E-state index contributed by atoms with van der Waals surface area (Å²) in [5.74, 6) is -0.254. The van der Waals surface area contributed by atoms with E-state index >= 15 is 0 Å². The maximum atomic E-state index is 13.0. The Kier molecular flexibility index (Phi) is 2.80. The minimum absolute atomic E-state index is 0.254. The Balaban J connectivity index is 2.27. The highest BCUT2D eigenvalue weighted by Crippen LogP contribution is 2.32. The molecule has 0 aliphatic rings. The van der Waals surface area contributed by atoms with Gasteiger partial charge in [0.25, 0.3) is 0 Å². The second-order valence-electron chi connectivity index (χ2n) is 4.22. The van der Waals surface area contributed by atoms with Gasteiger partial charge in [-0.1, -0.05) is 0 Å². The fourth-order valence-corrected chi connectivity index (χ4v) is 3.15. The number of imidazole rings is 1. The first-order chi connectivity index (χ1) is 9.20. The Bertz CT molecular complexity index is 777. The number of rotatable bonds is 2. The summed E-state index contributed by atoms with van der Waals surface area (Å²) in [6, 6.07) is 8.53. The number of hydrogen-bond donors (Lipinski definition) is 0. The monoisotopic (exact) mass is 271 g/mol. The van der Waals surface area contributed by atoms with Crippen LogP contribution in [-0.4, -0.2) is 9.38 Å². The number of hydrogen-bond acceptors (Lipinski definition) is 3. The van der Waals surface area contributed by atoms with Crippen molar-refractivity contribution in [2.75, 3.05) is 0 Å². The number of thiazole rings is 1. The average molecular weight is 271 g/mol. The highest BCUT2D eigenvalue weighted by Gasteiger charge is 2.15. The van der Waals surface area contributed by atoms with E-state index in [1.807, 2.05) is 11.3 Å². The SMILES string of the molecule is Cc1sc2ncc(CC#N)n2c1-c1ccc(F)cc1. The molecule has 0 amide bonds. The predicted octanol–water partition coefficient (Wildman–Crippen LogP) is 3.58. The van der Waals surface area contributed by atoms with Crippen molar-refractivity contribution < 1.29 is 4.39 Å². The van der Waals surface area contributed by atoms with Crippen LogP contribution in [0.5, 0.6) is 0 Å². The van der Waals surface area contributed by atoms with Crippen molar-refractivity contribution >= 4 is 16.3 Å². The molecule has 94 valence electrons. The molecule has 0 unspecified atom stereocenters. The number of benzene rings is 1. The number of nitriles is 1. The van der Waals surface area contributed by atoms with Crippen molar-refractivity contribution in [2.45, 2.75) is 13.3 Å². The van der Waals surface area contributed by atoms with Crippen LogP contribution in [-0.2, 0) is 6.42 Å². The van der Waals surface area contributed by atoms with Crippen LogP contribution in [0.25, 0.3) is 16.2 Å². The van der Waals surface area contributed by atoms with Crippen LogP contribution in [0.2, 0.25) is 0 Å². The van der Waals surface area contributed by atoms with Crippen LogP contribution in [0, 0.1) is 24.1 Å². The number of nitrogens with zero attached hydrogens (tertiary/aromatic N) is 3. The summed E-state index contributed by atoms with van der Waals surface area (Å²) in [7, 11) is 0. The van der Waals surface area contributed by atoms with Crippen LogP contribution in [0.15, 0.2) is 30.5 Å². The molecule has 0 aliphatic carbocycles. The summed E-state index contributed by atoms with van der Waals surface area (Å²) in [6.07, 6.45) is 2.03. The van der Waals surface area contributed by atoms with E-state index in [1.54, 1.807) is 29.7 Å². The molecule has 0 radical (unpaired) electrons. The third-order valence-electron chi connectivity index (χ3n) is 2.98. The summed E-state index contributed by atoms with van der Waals surface area (Å²) >= 11 is 1.57. The minimum Gasteiger partial charge on any atom is -0.286 e. The van der Waals surface area contributed by atoms with Crippen molar-refractivity contribution in [3.05, 3.63) is 46.9 Å². The van der Waals surface area contributed by atoms with Gasteiger partial charge in [-0.15, -0.1) is 11.3 Å². The molecule has 0 spiro atoms. The van der Waals surface area contributed by atoms with Gasteiger partial charge in [-0.3, -0.25) is 4.40 Å². The number of aromatic nitrogens is 2. The molecular formula is C14H10FN3S. The number of halogens is 1. The topological polar surface area (TPSA) is 41.1 Å². The molecule has 3 nitrogen and oxygen atoms in total. The van der Waals surface area contributed by atoms with Crippen molar-refractivity contribution in [3.63, 3.8) is 0 Å². The highest BCUT2D eigenvalue weighted by molar-refractivity contribution is 7.17. The fourth-order valence-electron chi connectivity index (χ4n) is 2.17. The Hall–Kier alpha value is -2.19. The summed E-state index contributed by atoms with van der Waals surface area (Å²) in [6.45, 7) is 2.01. The molecule has 0 saturated carbocycles. The van der Waals surface area contributed by atoms with E-state index in [4.69, 9.17) is 5.26 Å². The Labute approximate surface area is 113 Å². The normalized spacial score (nSPS) is 10.8. The van der Waals surface area contributed by atoms with Gasteiger partial charge in [0.05, 0.1) is 30.1 Å². The molecule has 3 aromatic rings. The van der Waals surface area contributed by atoms with Crippen LogP contribution in [0.3, 0.4) is 0 Å². The van der Waals surface area contributed by atoms with Gasteiger partial charge in [0.2, 0.25) is 0 Å². The third-order valence-corrected chi connectivity index (χ3v) is 3.95. The highest BCUT2D eigenvalue weighted by atomic mass is 32.1. The summed E-state index contributed by atoms with van der Waals surface area (Å²) in [5.41, 5.74) is 2.78. The van der Waals surface area contributed by atoms with E-state index in [-0.39, 0.29) is 5.82 Å². The van der Waals surface area contributed by atoms with Crippen molar-refractivity contribution in [1.82, 2.24) is 9.38 Å². The third kappa shape index (κ3) is 1.90. The predicted molar refractivity (Wildman–Crippen MR) is 72.5 cm³/mol. The van der Waals surface area contributed by atoms with E-state index in [0.717, 1.165) is 26.8 Å². The van der Waals surface area contributed by atoms with Gasteiger partial charge < -0.3 is 0 Å². The van der Waals surface area contributed by atoms with E-state index in [0.29, 0.717) is 6.42 Å². The Morgan fingerprint density at radius 3 is 2.79 bits per heavy atom. The van der Waals surface area contributed by atoms with E-state index in [2.05, 4.69) is 11.1 Å². The van der Waals surface area contributed by atoms with Crippen LogP contribution in [0.4, 0.5) is 4.39 Å². The largest absolute Gasteiger partial charge is 0.286 e. The average Bonchev–Trinajstić information content (AvgIpc) is 2.91. The molecule has 0 fully saturated rings. The maximum Gasteiger partial charge on any atom is 0.194 e.